The Morgan fingerprint density at radius 1 is 1.25 bits per heavy atom. The molecule has 1 saturated heterocycles. The van der Waals surface area contributed by atoms with Crippen LogP contribution in [0.5, 0.6) is 0 Å². The zero-order valence-electron chi connectivity index (χ0n) is 12.7. The smallest absolute Gasteiger partial charge is 0.318 e. The lowest BCUT2D eigenvalue weighted by Crippen LogP contribution is -2.61. The van der Waals surface area contributed by atoms with Gasteiger partial charge in [0.15, 0.2) is 0 Å². The number of hydrogen-bond acceptors (Lipinski definition) is 2. The van der Waals surface area contributed by atoms with Crippen molar-refractivity contribution >= 4 is 23.2 Å². The van der Waals surface area contributed by atoms with Crippen LogP contribution in [-0.2, 0) is 0 Å². The van der Waals surface area contributed by atoms with Gasteiger partial charge in [0.05, 0.1) is 10.5 Å². The number of urea groups is 1. The highest BCUT2D eigenvalue weighted by Gasteiger charge is 2.39. The summed E-state index contributed by atoms with van der Waals surface area (Å²) in [6, 6.07) is 0.0129. The van der Waals surface area contributed by atoms with Crippen LogP contribution < -0.4 is 11.1 Å². The molecule has 0 aromatic rings. The van der Waals surface area contributed by atoms with E-state index >= 15 is 0 Å². The maximum absolute atomic E-state index is 12.5. The second kappa shape index (κ2) is 6.29. The van der Waals surface area contributed by atoms with Gasteiger partial charge in [0.1, 0.15) is 0 Å². The van der Waals surface area contributed by atoms with Gasteiger partial charge in [-0.1, -0.05) is 26.1 Å². The van der Waals surface area contributed by atoms with Crippen molar-refractivity contribution in [3.8, 4) is 0 Å². The van der Waals surface area contributed by atoms with E-state index in [1.54, 1.807) is 0 Å². The topological polar surface area (TPSA) is 58.4 Å². The van der Waals surface area contributed by atoms with Crippen LogP contribution in [0.15, 0.2) is 0 Å². The first-order valence-electron chi connectivity index (χ1n) is 7.80. The monoisotopic (exact) mass is 297 g/mol. The summed E-state index contributed by atoms with van der Waals surface area (Å²) >= 11 is 5.25. The van der Waals surface area contributed by atoms with Gasteiger partial charge < -0.3 is 16.0 Å². The molecule has 1 aliphatic heterocycles. The molecule has 5 heteroatoms. The molecule has 0 radical (unpaired) electrons. The summed E-state index contributed by atoms with van der Waals surface area (Å²) in [6.45, 7) is 6.14. The lowest BCUT2D eigenvalue weighted by molar-refractivity contribution is 0.155. The van der Waals surface area contributed by atoms with E-state index in [0.29, 0.717) is 16.8 Å². The number of rotatable bonds is 2. The summed E-state index contributed by atoms with van der Waals surface area (Å²) < 4.78 is 0. The molecule has 3 N–H and O–H groups in total. The van der Waals surface area contributed by atoms with Crippen molar-refractivity contribution in [2.75, 3.05) is 13.1 Å². The van der Waals surface area contributed by atoms with Gasteiger partial charge in [0.25, 0.3) is 0 Å². The molecule has 0 aromatic carbocycles. The van der Waals surface area contributed by atoms with Crippen molar-refractivity contribution in [2.45, 2.75) is 57.9 Å². The highest BCUT2D eigenvalue weighted by molar-refractivity contribution is 7.80. The fourth-order valence-corrected chi connectivity index (χ4v) is 3.60. The molecule has 1 heterocycles. The number of likely N-dealkylation sites (tertiary alicyclic amines) is 1. The van der Waals surface area contributed by atoms with Crippen molar-refractivity contribution < 1.29 is 4.79 Å². The van der Waals surface area contributed by atoms with Crippen LogP contribution in [-0.4, -0.2) is 34.5 Å². The summed E-state index contributed by atoms with van der Waals surface area (Å²) in [5, 5.41) is 3.16. The van der Waals surface area contributed by atoms with Gasteiger partial charge in [0, 0.05) is 13.1 Å². The molecule has 114 valence electrons. The summed E-state index contributed by atoms with van der Waals surface area (Å²) in [5.41, 5.74) is 5.49. The third kappa shape index (κ3) is 3.43. The molecule has 1 unspecified atom stereocenters. The number of carbonyl (C=O) groups excluding carboxylic acids is 1. The summed E-state index contributed by atoms with van der Waals surface area (Å²) in [5.74, 6) is 1.28. The lowest BCUT2D eigenvalue weighted by Gasteiger charge is -2.41. The Balaban J connectivity index is 2.01. The largest absolute Gasteiger partial charge is 0.391 e. The van der Waals surface area contributed by atoms with Crippen LogP contribution in [0.1, 0.15) is 52.4 Å². The highest BCUT2D eigenvalue weighted by Crippen LogP contribution is 2.32. The highest BCUT2D eigenvalue weighted by atomic mass is 32.1. The SMILES string of the molecule is CC1CCC(NC(=O)N2CCCC(C)C2)(C(N)=S)CC1. The van der Waals surface area contributed by atoms with Crippen LogP contribution >= 0.6 is 12.2 Å². The van der Waals surface area contributed by atoms with Gasteiger partial charge in [-0.25, -0.2) is 4.79 Å². The quantitative estimate of drug-likeness (QED) is 0.770. The Morgan fingerprint density at radius 2 is 1.90 bits per heavy atom. The molecule has 4 nitrogen and oxygen atoms in total. The molecule has 1 atom stereocenters. The van der Waals surface area contributed by atoms with E-state index in [1.165, 1.54) is 6.42 Å². The van der Waals surface area contributed by atoms with Gasteiger partial charge in [-0.15, -0.1) is 0 Å². The molecule has 2 amide bonds. The molecule has 1 aliphatic carbocycles. The Morgan fingerprint density at radius 3 is 2.45 bits per heavy atom. The van der Waals surface area contributed by atoms with Crippen LogP contribution in [0.25, 0.3) is 0 Å². The van der Waals surface area contributed by atoms with Crippen molar-refractivity contribution in [1.29, 1.82) is 0 Å². The first-order valence-corrected chi connectivity index (χ1v) is 8.21. The fraction of sp³-hybridized carbons (Fsp3) is 0.867. The van der Waals surface area contributed by atoms with Gasteiger partial charge in [-0.3, -0.25) is 0 Å². The number of amides is 2. The second-order valence-electron chi connectivity index (χ2n) is 6.75. The minimum Gasteiger partial charge on any atom is -0.391 e. The maximum atomic E-state index is 12.5. The fourth-order valence-electron chi connectivity index (χ4n) is 3.35. The molecule has 2 rings (SSSR count). The summed E-state index contributed by atoms with van der Waals surface area (Å²) in [7, 11) is 0. The number of thiocarbonyl (C=S) groups is 1. The van der Waals surface area contributed by atoms with Crippen LogP contribution in [0.3, 0.4) is 0 Å². The Labute approximate surface area is 127 Å². The minimum absolute atomic E-state index is 0.0129. The third-order valence-electron chi connectivity index (χ3n) is 4.89. The molecule has 1 saturated carbocycles. The number of nitrogens with one attached hydrogen (secondary N) is 1. The van der Waals surface area contributed by atoms with Crippen LogP contribution in [0.4, 0.5) is 4.79 Å². The van der Waals surface area contributed by atoms with Crippen LogP contribution in [0, 0.1) is 11.8 Å². The predicted octanol–water partition coefficient (Wildman–Crippen LogP) is 2.66. The van der Waals surface area contributed by atoms with E-state index in [4.69, 9.17) is 18.0 Å². The number of nitrogens with two attached hydrogens (primary N) is 1. The van der Waals surface area contributed by atoms with E-state index in [9.17, 15) is 4.79 Å². The molecule has 2 fully saturated rings. The third-order valence-corrected chi connectivity index (χ3v) is 5.28. The van der Waals surface area contributed by atoms with E-state index in [1.807, 2.05) is 4.90 Å². The van der Waals surface area contributed by atoms with Crippen LogP contribution in [0.2, 0.25) is 0 Å². The Hall–Kier alpha value is -0.840. The number of piperidine rings is 1. The maximum Gasteiger partial charge on any atom is 0.318 e. The van der Waals surface area contributed by atoms with Crippen molar-refractivity contribution in [3.63, 3.8) is 0 Å². The summed E-state index contributed by atoms with van der Waals surface area (Å²) in [6.07, 6.45) is 6.20. The average molecular weight is 297 g/mol. The Kier molecular flexibility index (Phi) is 4.89. The number of nitrogens with zero attached hydrogens (tertiary/aromatic N) is 1. The van der Waals surface area contributed by atoms with E-state index in [-0.39, 0.29) is 6.03 Å². The van der Waals surface area contributed by atoms with Gasteiger partial charge >= 0.3 is 6.03 Å². The summed E-state index contributed by atoms with van der Waals surface area (Å²) in [4.78, 5) is 14.9. The van der Waals surface area contributed by atoms with Gasteiger partial charge in [0.2, 0.25) is 0 Å². The van der Waals surface area contributed by atoms with E-state index in [2.05, 4.69) is 19.2 Å². The Bertz CT molecular complexity index is 377. The predicted molar refractivity (Wildman–Crippen MR) is 85.7 cm³/mol. The average Bonchev–Trinajstić information content (AvgIpc) is 2.41. The molecule has 0 spiro atoms. The standard InChI is InChI=1S/C15H27N3OS/c1-11-5-7-15(8-6-11,13(16)20)17-14(19)18-9-3-4-12(2)10-18/h11-12H,3-10H2,1-2H3,(H2,16,20)(H,17,19). The minimum atomic E-state index is -0.459. The first-order chi connectivity index (χ1) is 9.43. The van der Waals surface area contributed by atoms with Gasteiger partial charge in [-0.05, 0) is 50.4 Å². The zero-order chi connectivity index (χ0) is 14.8. The second-order valence-corrected chi connectivity index (χ2v) is 7.19. The molecule has 0 aromatic heterocycles. The molecule has 20 heavy (non-hydrogen) atoms. The molecular formula is C15H27N3OS. The first kappa shape index (κ1) is 15.5. The van der Waals surface area contributed by atoms with E-state index < -0.39 is 5.54 Å². The number of hydrogen-bond donors (Lipinski definition) is 2. The van der Waals surface area contributed by atoms with Crippen molar-refractivity contribution in [3.05, 3.63) is 0 Å². The normalized spacial score (nSPS) is 34.6. The van der Waals surface area contributed by atoms with Crippen molar-refractivity contribution in [1.82, 2.24) is 10.2 Å². The zero-order valence-corrected chi connectivity index (χ0v) is 13.5. The molecular weight excluding hydrogens is 270 g/mol. The molecule has 0 bridgehead atoms. The molecule has 2 aliphatic rings. The number of carbonyl (C=O) groups is 1. The van der Waals surface area contributed by atoms with E-state index in [0.717, 1.165) is 45.2 Å². The lowest BCUT2D eigenvalue weighted by atomic mass is 9.77. The van der Waals surface area contributed by atoms with Gasteiger partial charge in [-0.2, -0.15) is 0 Å². The van der Waals surface area contributed by atoms with Crippen molar-refractivity contribution in [2.24, 2.45) is 17.6 Å².